The summed E-state index contributed by atoms with van der Waals surface area (Å²) in [6.45, 7) is 8.93. The molecule has 0 bridgehead atoms. The monoisotopic (exact) mass is 357 g/mol. The molecule has 0 aromatic heterocycles. The average molecular weight is 358 g/mol. The number of aryl methyl sites for hydroxylation is 1. The molecule has 1 unspecified atom stereocenters. The first kappa shape index (κ1) is 17.5. The number of carboxylic acids is 1. The molecule has 1 aromatic carbocycles. The van der Waals surface area contributed by atoms with Crippen molar-refractivity contribution >= 4 is 27.8 Å². The second-order valence-electron chi connectivity index (χ2n) is 5.90. The number of carbonyl (C=O) groups excluding carboxylic acids is 1. The lowest BCUT2D eigenvalue weighted by molar-refractivity contribution is -0.128. The zero-order chi connectivity index (χ0) is 16.4. The van der Waals surface area contributed by atoms with Gasteiger partial charge in [-0.1, -0.05) is 15.9 Å². The van der Waals surface area contributed by atoms with Crippen LogP contribution < -0.4 is 10.1 Å². The number of benzene rings is 1. The van der Waals surface area contributed by atoms with E-state index in [1.165, 1.54) is 6.07 Å². The Morgan fingerprint density at radius 3 is 2.38 bits per heavy atom. The minimum atomic E-state index is -1.10. The van der Waals surface area contributed by atoms with Gasteiger partial charge in [-0.25, -0.2) is 4.79 Å². The molecule has 21 heavy (non-hydrogen) atoms. The Bertz CT molecular complexity index is 564. The van der Waals surface area contributed by atoms with Crippen molar-refractivity contribution in [2.75, 3.05) is 0 Å². The molecule has 1 aromatic rings. The van der Waals surface area contributed by atoms with E-state index >= 15 is 0 Å². The van der Waals surface area contributed by atoms with Gasteiger partial charge < -0.3 is 15.2 Å². The van der Waals surface area contributed by atoms with Gasteiger partial charge in [0.05, 0.1) is 0 Å². The van der Waals surface area contributed by atoms with E-state index in [-0.39, 0.29) is 22.8 Å². The number of hydrogen-bond acceptors (Lipinski definition) is 3. The smallest absolute Gasteiger partial charge is 0.339 e. The molecule has 0 saturated heterocycles. The predicted molar refractivity (Wildman–Crippen MR) is 83.8 cm³/mol. The number of amides is 1. The number of carboxylic acid groups (broad SMARTS) is 1. The molecule has 6 heteroatoms. The lowest BCUT2D eigenvalue weighted by atomic mass is 10.1. The summed E-state index contributed by atoms with van der Waals surface area (Å²) in [5.74, 6) is -1.18. The molecule has 1 atom stereocenters. The Morgan fingerprint density at radius 1 is 1.33 bits per heavy atom. The van der Waals surface area contributed by atoms with Crippen LogP contribution in [-0.2, 0) is 4.79 Å². The van der Waals surface area contributed by atoms with Crippen molar-refractivity contribution in [2.24, 2.45) is 0 Å². The van der Waals surface area contributed by atoms with E-state index < -0.39 is 12.1 Å². The third-order valence-corrected chi connectivity index (χ3v) is 3.09. The minimum Gasteiger partial charge on any atom is -0.480 e. The Hall–Kier alpha value is -1.56. The Balaban J connectivity index is 3.02. The number of rotatable bonds is 4. The topological polar surface area (TPSA) is 75.6 Å². The summed E-state index contributed by atoms with van der Waals surface area (Å²) in [5, 5.41) is 12.0. The van der Waals surface area contributed by atoms with Crippen molar-refractivity contribution in [1.29, 1.82) is 0 Å². The lowest BCUT2D eigenvalue weighted by Crippen LogP contribution is -2.46. The van der Waals surface area contributed by atoms with Crippen molar-refractivity contribution in [3.05, 3.63) is 27.7 Å². The van der Waals surface area contributed by atoms with Gasteiger partial charge in [-0.2, -0.15) is 0 Å². The summed E-state index contributed by atoms with van der Waals surface area (Å²) in [6, 6.07) is 3.20. The third-order valence-electron chi connectivity index (χ3n) is 2.63. The summed E-state index contributed by atoms with van der Waals surface area (Å²) >= 11 is 3.25. The molecule has 0 fully saturated rings. The van der Waals surface area contributed by atoms with Crippen LogP contribution in [0.15, 0.2) is 16.6 Å². The molecule has 0 aliphatic heterocycles. The first-order chi connectivity index (χ1) is 9.51. The maximum atomic E-state index is 12.0. The first-order valence-corrected chi connectivity index (χ1v) is 7.32. The third kappa shape index (κ3) is 5.04. The van der Waals surface area contributed by atoms with Crippen LogP contribution in [0.3, 0.4) is 0 Å². The molecule has 2 N–H and O–H groups in total. The van der Waals surface area contributed by atoms with Crippen LogP contribution in [0.1, 0.15) is 43.6 Å². The number of carbonyl (C=O) groups is 2. The van der Waals surface area contributed by atoms with Crippen molar-refractivity contribution in [3.8, 4) is 5.75 Å². The standard InChI is InChI=1S/C15H20BrNO4/c1-8-6-10(16)7-11(14(19)20)12(8)21-9(2)13(18)17-15(3,4)5/h6-7,9H,1-5H3,(H,17,18)(H,19,20). The largest absolute Gasteiger partial charge is 0.480 e. The Labute approximate surface area is 132 Å². The fourth-order valence-electron chi connectivity index (χ4n) is 1.75. The second kappa shape index (κ2) is 6.47. The zero-order valence-corrected chi connectivity index (χ0v) is 14.4. The normalized spacial score (nSPS) is 12.7. The minimum absolute atomic E-state index is 0.0253. The number of halogens is 1. The van der Waals surface area contributed by atoms with E-state index in [4.69, 9.17) is 4.74 Å². The fraction of sp³-hybridized carbons (Fsp3) is 0.467. The van der Waals surface area contributed by atoms with Crippen molar-refractivity contribution in [2.45, 2.75) is 46.3 Å². The molecule has 1 rings (SSSR count). The summed E-state index contributed by atoms with van der Waals surface area (Å²) in [6.07, 6.45) is -0.790. The highest BCUT2D eigenvalue weighted by Gasteiger charge is 2.23. The van der Waals surface area contributed by atoms with Gasteiger partial charge in [-0.3, -0.25) is 4.79 Å². The average Bonchev–Trinajstić information content (AvgIpc) is 2.29. The highest BCUT2D eigenvalue weighted by molar-refractivity contribution is 9.10. The molecular formula is C15H20BrNO4. The Morgan fingerprint density at radius 2 is 1.90 bits per heavy atom. The van der Waals surface area contributed by atoms with Gasteiger partial charge in [0.1, 0.15) is 11.3 Å². The van der Waals surface area contributed by atoms with Crippen LogP contribution in [0.4, 0.5) is 0 Å². The molecule has 116 valence electrons. The van der Waals surface area contributed by atoms with E-state index in [1.807, 2.05) is 20.8 Å². The Kier molecular flexibility index (Phi) is 5.39. The molecule has 1 amide bonds. The first-order valence-electron chi connectivity index (χ1n) is 6.53. The van der Waals surface area contributed by atoms with E-state index in [0.717, 1.165) is 0 Å². The number of hydrogen-bond donors (Lipinski definition) is 2. The van der Waals surface area contributed by atoms with Crippen molar-refractivity contribution < 1.29 is 19.4 Å². The lowest BCUT2D eigenvalue weighted by Gasteiger charge is -2.24. The van der Waals surface area contributed by atoms with Crippen LogP contribution in [-0.4, -0.2) is 28.6 Å². The van der Waals surface area contributed by atoms with Crippen LogP contribution in [0.5, 0.6) is 5.75 Å². The maximum Gasteiger partial charge on any atom is 0.339 e. The highest BCUT2D eigenvalue weighted by Crippen LogP contribution is 2.29. The van der Waals surface area contributed by atoms with Gasteiger partial charge in [0.25, 0.3) is 5.91 Å². The van der Waals surface area contributed by atoms with Gasteiger partial charge in [0, 0.05) is 10.0 Å². The van der Waals surface area contributed by atoms with Crippen LogP contribution in [0.2, 0.25) is 0 Å². The van der Waals surface area contributed by atoms with E-state index in [0.29, 0.717) is 10.0 Å². The molecular weight excluding hydrogens is 338 g/mol. The molecule has 0 saturated carbocycles. The zero-order valence-electron chi connectivity index (χ0n) is 12.8. The quantitative estimate of drug-likeness (QED) is 0.867. The molecule has 0 aliphatic carbocycles. The van der Waals surface area contributed by atoms with Gasteiger partial charge in [-0.05, 0) is 52.3 Å². The molecule has 5 nitrogen and oxygen atoms in total. The number of aromatic carboxylic acids is 1. The summed E-state index contributed by atoms with van der Waals surface area (Å²) in [7, 11) is 0. The maximum absolute atomic E-state index is 12.0. The number of nitrogens with one attached hydrogen (secondary N) is 1. The molecule has 0 radical (unpaired) electrons. The van der Waals surface area contributed by atoms with Crippen molar-refractivity contribution in [3.63, 3.8) is 0 Å². The molecule has 0 spiro atoms. The van der Waals surface area contributed by atoms with Gasteiger partial charge >= 0.3 is 5.97 Å². The van der Waals surface area contributed by atoms with Crippen LogP contribution >= 0.6 is 15.9 Å². The molecule has 0 heterocycles. The van der Waals surface area contributed by atoms with Crippen LogP contribution in [0, 0.1) is 6.92 Å². The van der Waals surface area contributed by atoms with E-state index in [2.05, 4.69) is 21.2 Å². The van der Waals surface area contributed by atoms with Crippen LogP contribution in [0.25, 0.3) is 0 Å². The van der Waals surface area contributed by atoms with E-state index in [9.17, 15) is 14.7 Å². The summed E-state index contributed by atoms with van der Waals surface area (Å²) < 4.78 is 6.24. The van der Waals surface area contributed by atoms with Gasteiger partial charge in [-0.15, -0.1) is 0 Å². The van der Waals surface area contributed by atoms with Gasteiger partial charge in [0.2, 0.25) is 0 Å². The fourth-order valence-corrected chi connectivity index (χ4v) is 2.32. The van der Waals surface area contributed by atoms with Crippen molar-refractivity contribution in [1.82, 2.24) is 5.32 Å². The SMILES string of the molecule is Cc1cc(Br)cc(C(=O)O)c1OC(C)C(=O)NC(C)(C)C. The van der Waals surface area contributed by atoms with E-state index in [1.54, 1.807) is 19.9 Å². The highest BCUT2D eigenvalue weighted by atomic mass is 79.9. The predicted octanol–water partition coefficient (Wildman–Crippen LogP) is 3.14. The summed E-state index contributed by atoms with van der Waals surface area (Å²) in [4.78, 5) is 23.3. The van der Waals surface area contributed by atoms with Gasteiger partial charge in [0.15, 0.2) is 6.10 Å². The number of ether oxygens (including phenoxy) is 1. The summed E-state index contributed by atoms with van der Waals surface area (Å²) in [5.41, 5.74) is 0.300. The molecule has 0 aliphatic rings. The second-order valence-corrected chi connectivity index (χ2v) is 6.82.